The van der Waals surface area contributed by atoms with Gasteiger partial charge in [0.15, 0.2) is 0 Å². The highest BCUT2D eigenvalue weighted by Crippen LogP contribution is 2.47. The second kappa shape index (κ2) is 10.2. The number of carbonyl (C=O) groups excluding carboxylic acids is 2. The average Bonchev–Trinajstić information content (AvgIpc) is 3.57. The highest BCUT2D eigenvalue weighted by atomic mass is 32.2. The average molecular weight is 496 g/mol. The Bertz CT molecular complexity index is 982. The molecule has 9 nitrogen and oxygen atoms in total. The van der Waals surface area contributed by atoms with Crippen LogP contribution in [0.15, 0.2) is 29.2 Å². The number of aliphatic hydroxyl groups is 1. The molecule has 2 fully saturated rings. The Hall–Kier alpha value is -2.17. The summed E-state index contributed by atoms with van der Waals surface area (Å²) < 4.78 is 34.8. The first-order valence-electron chi connectivity index (χ1n) is 11.9. The standard InChI is InChI=1S/C24H37N3O6S/c1-16(2)18(4)27(34(31,32)20-7-5-17(3)6-8-20)21(15-28)24(11-12-24)33-23(30)26-13-9-19(10-14-26)22(25)29/h5-8,16,18-19,21,28H,9-15H2,1-4H3,(H2,25,29)/t18-,21-/m1/s1. The molecule has 0 aromatic heterocycles. The molecule has 0 spiro atoms. The normalized spacial score (nSPS) is 20.3. The molecule has 1 saturated heterocycles. The van der Waals surface area contributed by atoms with Crippen molar-refractivity contribution in [3.05, 3.63) is 29.8 Å². The Morgan fingerprint density at radius 1 is 1.18 bits per heavy atom. The molecule has 2 amide bonds. The number of hydrogen-bond acceptors (Lipinski definition) is 6. The summed E-state index contributed by atoms with van der Waals surface area (Å²) in [7, 11) is -3.98. The van der Waals surface area contributed by atoms with E-state index in [1.165, 1.54) is 9.21 Å². The summed E-state index contributed by atoms with van der Waals surface area (Å²) in [6.45, 7) is 7.76. The largest absolute Gasteiger partial charge is 0.441 e. The van der Waals surface area contributed by atoms with E-state index in [2.05, 4.69) is 0 Å². The van der Waals surface area contributed by atoms with Gasteiger partial charge >= 0.3 is 6.09 Å². The van der Waals surface area contributed by atoms with E-state index in [0.717, 1.165) is 5.56 Å². The van der Waals surface area contributed by atoms with Crippen molar-refractivity contribution >= 4 is 22.0 Å². The summed E-state index contributed by atoms with van der Waals surface area (Å²) >= 11 is 0. The van der Waals surface area contributed by atoms with E-state index in [9.17, 15) is 23.1 Å². The number of rotatable bonds is 9. The molecular weight excluding hydrogens is 458 g/mol. The molecule has 1 aliphatic heterocycles. The molecule has 1 aliphatic carbocycles. The number of aliphatic hydroxyl groups excluding tert-OH is 1. The zero-order valence-electron chi connectivity index (χ0n) is 20.4. The maximum atomic E-state index is 13.8. The van der Waals surface area contributed by atoms with Crippen molar-refractivity contribution in [3.63, 3.8) is 0 Å². The highest BCUT2D eigenvalue weighted by molar-refractivity contribution is 7.89. The van der Waals surface area contributed by atoms with Crippen LogP contribution in [0.1, 0.15) is 52.0 Å². The minimum absolute atomic E-state index is 0.0337. The third kappa shape index (κ3) is 5.39. The Labute approximate surface area is 202 Å². The fraction of sp³-hybridized carbons (Fsp3) is 0.667. The first kappa shape index (κ1) is 26.4. The predicted octanol–water partition coefficient (Wildman–Crippen LogP) is 2.26. The Morgan fingerprint density at radius 3 is 2.18 bits per heavy atom. The summed E-state index contributed by atoms with van der Waals surface area (Å²) in [4.78, 5) is 26.1. The van der Waals surface area contributed by atoms with Gasteiger partial charge in [0.25, 0.3) is 0 Å². The second-order valence-electron chi connectivity index (χ2n) is 9.93. The fourth-order valence-electron chi connectivity index (χ4n) is 4.49. The van der Waals surface area contributed by atoms with E-state index >= 15 is 0 Å². The van der Waals surface area contributed by atoms with Gasteiger partial charge in [-0.15, -0.1) is 0 Å². The van der Waals surface area contributed by atoms with Gasteiger partial charge in [0, 0.05) is 25.0 Å². The molecule has 2 atom stereocenters. The van der Waals surface area contributed by atoms with E-state index in [0.29, 0.717) is 38.8 Å². The van der Waals surface area contributed by atoms with Crippen molar-refractivity contribution in [2.24, 2.45) is 17.6 Å². The lowest BCUT2D eigenvalue weighted by Gasteiger charge is -2.41. The molecule has 2 aliphatic rings. The van der Waals surface area contributed by atoms with Crippen LogP contribution in [0.3, 0.4) is 0 Å². The molecule has 0 unspecified atom stereocenters. The van der Waals surface area contributed by atoms with Gasteiger partial charge in [0.1, 0.15) is 5.60 Å². The molecule has 3 rings (SSSR count). The van der Waals surface area contributed by atoms with Gasteiger partial charge in [0.05, 0.1) is 17.5 Å². The first-order valence-corrected chi connectivity index (χ1v) is 13.3. The second-order valence-corrected chi connectivity index (χ2v) is 11.8. The lowest BCUT2D eigenvalue weighted by Crippen LogP contribution is -2.57. The van der Waals surface area contributed by atoms with Crippen LogP contribution < -0.4 is 5.73 Å². The van der Waals surface area contributed by atoms with Crippen molar-refractivity contribution in [1.29, 1.82) is 0 Å². The smallest absolute Gasteiger partial charge is 0.410 e. The van der Waals surface area contributed by atoms with Crippen LogP contribution in [0.25, 0.3) is 0 Å². The summed E-state index contributed by atoms with van der Waals surface area (Å²) in [5, 5.41) is 10.4. The number of ether oxygens (including phenoxy) is 1. The van der Waals surface area contributed by atoms with Crippen LogP contribution in [-0.4, -0.2) is 72.1 Å². The number of benzene rings is 1. The van der Waals surface area contributed by atoms with Gasteiger partial charge in [0.2, 0.25) is 15.9 Å². The molecular formula is C24H37N3O6S. The molecule has 190 valence electrons. The Balaban J connectivity index is 1.86. The number of amides is 2. The highest BCUT2D eigenvalue weighted by Gasteiger charge is 2.59. The maximum absolute atomic E-state index is 13.8. The van der Waals surface area contributed by atoms with Gasteiger partial charge in [-0.3, -0.25) is 4.79 Å². The number of piperidine rings is 1. The summed E-state index contributed by atoms with van der Waals surface area (Å²) in [6, 6.07) is 5.25. The quantitative estimate of drug-likeness (QED) is 0.540. The monoisotopic (exact) mass is 495 g/mol. The number of likely N-dealkylation sites (tertiary alicyclic amines) is 1. The zero-order chi connectivity index (χ0) is 25.3. The molecule has 10 heteroatoms. The summed E-state index contributed by atoms with van der Waals surface area (Å²) in [6.07, 6.45) is 1.32. The van der Waals surface area contributed by atoms with Crippen molar-refractivity contribution in [2.45, 2.75) is 76.0 Å². The lowest BCUT2D eigenvalue weighted by atomic mass is 9.97. The Kier molecular flexibility index (Phi) is 7.94. The van der Waals surface area contributed by atoms with Crippen LogP contribution in [0.4, 0.5) is 4.79 Å². The van der Waals surface area contributed by atoms with Crippen LogP contribution >= 0.6 is 0 Å². The topological polar surface area (TPSA) is 130 Å². The number of nitrogens with zero attached hydrogens (tertiary/aromatic N) is 2. The molecule has 1 heterocycles. The van der Waals surface area contributed by atoms with Gasteiger partial charge in [-0.2, -0.15) is 4.31 Å². The summed E-state index contributed by atoms with van der Waals surface area (Å²) in [5.41, 5.74) is 5.23. The van der Waals surface area contributed by atoms with Gasteiger partial charge in [-0.25, -0.2) is 13.2 Å². The molecule has 34 heavy (non-hydrogen) atoms. The van der Waals surface area contributed by atoms with Crippen molar-refractivity contribution in [3.8, 4) is 0 Å². The van der Waals surface area contributed by atoms with Crippen molar-refractivity contribution in [1.82, 2.24) is 9.21 Å². The van der Waals surface area contributed by atoms with Crippen LogP contribution in [-0.2, 0) is 19.6 Å². The number of nitrogens with two attached hydrogens (primary N) is 1. The van der Waals surface area contributed by atoms with Gasteiger partial charge < -0.3 is 20.5 Å². The number of aryl methyl sites for hydroxylation is 1. The molecule has 1 saturated carbocycles. The van der Waals surface area contributed by atoms with Crippen molar-refractivity contribution < 1.29 is 27.9 Å². The minimum Gasteiger partial charge on any atom is -0.441 e. The number of primary amides is 1. The van der Waals surface area contributed by atoms with Crippen LogP contribution in [0, 0.1) is 18.8 Å². The van der Waals surface area contributed by atoms with E-state index in [1.54, 1.807) is 24.3 Å². The lowest BCUT2D eigenvalue weighted by molar-refractivity contribution is -0.123. The van der Waals surface area contributed by atoms with Crippen LogP contribution in [0.2, 0.25) is 0 Å². The zero-order valence-corrected chi connectivity index (χ0v) is 21.3. The minimum atomic E-state index is -3.98. The molecule has 3 N–H and O–H groups in total. The number of hydrogen-bond donors (Lipinski definition) is 2. The van der Waals surface area contributed by atoms with Gasteiger partial charge in [-0.05, 0) is 57.6 Å². The van der Waals surface area contributed by atoms with E-state index in [1.807, 2.05) is 27.7 Å². The fourth-order valence-corrected chi connectivity index (χ4v) is 6.48. The third-order valence-corrected chi connectivity index (χ3v) is 9.25. The summed E-state index contributed by atoms with van der Waals surface area (Å²) in [5.74, 6) is -0.661. The molecule has 0 radical (unpaired) electrons. The number of carbonyl (C=O) groups is 2. The van der Waals surface area contributed by atoms with Gasteiger partial charge in [-0.1, -0.05) is 31.5 Å². The van der Waals surface area contributed by atoms with Crippen molar-refractivity contribution in [2.75, 3.05) is 19.7 Å². The molecule has 0 bridgehead atoms. The van der Waals surface area contributed by atoms with E-state index < -0.39 is 40.4 Å². The maximum Gasteiger partial charge on any atom is 0.410 e. The Morgan fingerprint density at radius 2 is 1.74 bits per heavy atom. The first-order chi connectivity index (χ1) is 15.9. The van der Waals surface area contributed by atoms with E-state index in [-0.39, 0.29) is 22.6 Å². The van der Waals surface area contributed by atoms with E-state index in [4.69, 9.17) is 10.5 Å². The third-order valence-electron chi connectivity index (χ3n) is 7.24. The molecule has 1 aromatic carbocycles. The predicted molar refractivity (Wildman–Crippen MR) is 127 cm³/mol. The number of sulfonamides is 1. The SMILES string of the molecule is Cc1ccc(S(=O)(=O)N([C@H](C)C(C)C)[C@H](CO)C2(OC(=O)N3CCC(C(N)=O)CC3)CC2)cc1. The van der Waals surface area contributed by atoms with Crippen LogP contribution in [0.5, 0.6) is 0 Å². The molecule has 1 aromatic rings.